The summed E-state index contributed by atoms with van der Waals surface area (Å²) in [5.41, 5.74) is 6.53. The maximum atomic E-state index is 11.3. The van der Waals surface area contributed by atoms with Crippen LogP contribution in [0.25, 0.3) is 0 Å². The van der Waals surface area contributed by atoms with Crippen molar-refractivity contribution in [2.24, 2.45) is 5.73 Å². The number of Topliss-reactive ketones (excluding diaryl/α,β-unsaturated/α-hetero) is 2. The Morgan fingerprint density at radius 1 is 1.27 bits per heavy atom. The largest absolute Gasteiger partial charge is 0.321 e. The van der Waals surface area contributed by atoms with Crippen molar-refractivity contribution in [2.75, 3.05) is 5.88 Å². The Morgan fingerprint density at radius 2 is 1.87 bits per heavy atom. The van der Waals surface area contributed by atoms with Crippen LogP contribution < -0.4 is 5.73 Å². The molecule has 0 spiro atoms. The van der Waals surface area contributed by atoms with Gasteiger partial charge >= 0.3 is 0 Å². The molecule has 0 aromatic heterocycles. The van der Waals surface area contributed by atoms with Crippen LogP contribution in [0.3, 0.4) is 0 Å². The first-order chi connectivity index (χ1) is 7.15. The van der Waals surface area contributed by atoms with E-state index in [0.717, 1.165) is 5.56 Å². The zero-order valence-corrected chi connectivity index (χ0v) is 8.91. The minimum absolute atomic E-state index is 0.304. The molecule has 0 aliphatic carbocycles. The van der Waals surface area contributed by atoms with Gasteiger partial charge in [0.1, 0.15) is 0 Å². The van der Waals surface area contributed by atoms with Crippen molar-refractivity contribution in [3.63, 3.8) is 0 Å². The van der Waals surface area contributed by atoms with Gasteiger partial charge in [0.25, 0.3) is 0 Å². The highest BCUT2D eigenvalue weighted by Crippen LogP contribution is 2.03. The molecule has 15 heavy (non-hydrogen) atoms. The van der Waals surface area contributed by atoms with Crippen LogP contribution in [0.2, 0.25) is 0 Å². The van der Waals surface area contributed by atoms with Crippen molar-refractivity contribution in [3.05, 3.63) is 35.9 Å². The first kappa shape index (κ1) is 11.9. The van der Waals surface area contributed by atoms with Gasteiger partial charge in [-0.15, -0.1) is 11.6 Å². The fourth-order valence-electron chi connectivity index (χ4n) is 1.23. The molecule has 0 saturated carbocycles. The quantitative estimate of drug-likeness (QED) is 0.599. The van der Waals surface area contributed by atoms with Gasteiger partial charge in [0.05, 0.1) is 11.9 Å². The monoisotopic (exact) mass is 225 g/mol. The van der Waals surface area contributed by atoms with E-state index < -0.39 is 17.6 Å². The molecule has 0 heterocycles. The molecule has 0 aliphatic heterocycles. The van der Waals surface area contributed by atoms with E-state index in [0.29, 0.717) is 6.42 Å². The Balaban J connectivity index is 2.60. The molecule has 0 amide bonds. The molecule has 0 bridgehead atoms. The predicted molar refractivity (Wildman–Crippen MR) is 58.9 cm³/mol. The Kier molecular flexibility index (Phi) is 4.46. The number of carbonyl (C=O) groups is 2. The highest BCUT2D eigenvalue weighted by atomic mass is 35.5. The van der Waals surface area contributed by atoms with Gasteiger partial charge in [-0.1, -0.05) is 30.3 Å². The number of hydrogen-bond acceptors (Lipinski definition) is 3. The summed E-state index contributed by atoms with van der Waals surface area (Å²) in [4.78, 5) is 22.3. The lowest BCUT2D eigenvalue weighted by molar-refractivity contribution is -0.135. The average Bonchev–Trinajstić information content (AvgIpc) is 2.28. The molecule has 4 heteroatoms. The summed E-state index contributed by atoms with van der Waals surface area (Å²) in [6.45, 7) is 0. The summed E-state index contributed by atoms with van der Waals surface area (Å²) in [6, 6.07) is 8.52. The van der Waals surface area contributed by atoms with Crippen molar-refractivity contribution < 1.29 is 9.59 Å². The third-order valence-corrected chi connectivity index (χ3v) is 2.27. The maximum Gasteiger partial charge on any atom is 0.216 e. The highest BCUT2D eigenvalue weighted by molar-refractivity contribution is 6.48. The lowest BCUT2D eigenvalue weighted by Crippen LogP contribution is -2.38. The summed E-state index contributed by atoms with van der Waals surface area (Å²) in [7, 11) is 0. The molecule has 1 aromatic carbocycles. The zero-order chi connectivity index (χ0) is 11.3. The first-order valence-corrected chi connectivity index (χ1v) is 5.11. The van der Waals surface area contributed by atoms with E-state index in [1.165, 1.54) is 0 Å². The molecule has 2 N–H and O–H groups in total. The first-order valence-electron chi connectivity index (χ1n) is 4.57. The molecule has 1 unspecified atom stereocenters. The second-order valence-electron chi connectivity index (χ2n) is 3.22. The normalized spacial score (nSPS) is 12.1. The average molecular weight is 226 g/mol. The van der Waals surface area contributed by atoms with Gasteiger partial charge in [-0.25, -0.2) is 0 Å². The zero-order valence-electron chi connectivity index (χ0n) is 8.15. The fourth-order valence-corrected chi connectivity index (χ4v) is 1.37. The van der Waals surface area contributed by atoms with Gasteiger partial charge in [-0.2, -0.15) is 0 Å². The molecular formula is C11H12ClNO2. The summed E-state index contributed by atoms with van der Waals surface area (Å²) < 4.78 is 0. The molecule has 80 valence electrons. The molecule has 0 saturated heterocycles. The summed E-state index contributed by atoms with van der Waals surface area (Å²) in [5, 5.41) is 0. The van der Waals surface area contributed by atoms with E-state index in [1.807, 2.05) is 30.3 Å². The van der Waals surface area contributed by atoms with E-state index in [2.05, 4.69) is 0 Å². The number of rotatable bonds is 5. The molecular weight excluding hydrogens is 214 g/mol. The summed E-state index contributed by atoms with van der Waals surface area (Å²) in [5.74, 6) is -1.53. The van der Waals surface area contributed by atoms with Crippen molar-refractivity contribution >= 4 is 23.2 Å². The summed E-state index contributed by atoms with van der Waals surface area (Å²) >= 11 is 5.27. The van der Waals surface area contributed by atoms with Gasteiger partial charge in [0, 0.05) is 0 Å². The predicted octanol–water partition coefficient (Wildman–Crippen LogP) is 0.933. The molecule has 0 radical (unpaired) electrons. The van der Waals surface area contributed by atoms with Crippen LogP contribution in [0, 0.1) is 0 Å². The van der Waals surface area contributed by atoms with Gasteiger partial charge in [0.15, 0.2) is 0 Å². The number of nitrogens with two attached hydrogens (primary N) is 1. The van der Waals surface area contributed by atoms with Gasteiger partial charge in [-0.3, -0.25) is 9.59 Å². The lowest BCUT2D eigenvalue weighted by Gasteiger charge is -2.08. The van der Waals surface area contributed by atoms with Crippen molar-refractivity contribution in [1.82, 2.24) is 0 Å². The number of halogens is 1. The Bertz CT molecular complexity index is 351. The topological polar surface area (TPSA) is 60.2 Å². The molecule has 0 aliphatic rings. The van der Waals surface area contributed by atoms with Crippen LogP contribution in [0.1, 0.15) is 5.56 Å². The minimum Gasteiger partial charge on any atom is -0.321 e. The number of hydrogen-bond donors (Lipinski definition) is 1. The van der Waals surface area contributed by atoms with Crippen molar-refractivity contribution in [1.29, 1.82) is 0 Å². The molecule has 1 rings (SSSR count). The molecule has 3 nitrogen and oxygen atoms in total. The van der Waals surface area contributed by atoms with Crippen LogP contribution in [-0.4, -0.2) is 23.5 Å². The number of carbonyl (C=O) groups excluding carboxylic acids is 2. The molecule has 0 fully saturated rings. The lowest BCUT2D eigenvalue weighted by atomic mass is 10.0. The standard InChI is InChI=1S/C11H12ClNO2/c12-7-10(14)11(15)9(13)6-8-4-2-1-3-5-8/h1-5,9H,6-7,13H2. The van der Waals surface area contributed by atoms with Gasteiger partial charge in [0.2, 0.25) is 11.6 Å². The third kappa shape index (κ3) is 3.46. The minimum atomic E-state index is -0.793. The van der Waals surface area contributed by atoms with E-state index in [4.69, 9.17) is 17.3 Å². The molecule has 1 atom stereocenters. The van der Waals surface area contributed by atoms with Gasteiger partial charge in [-0.05, 0) is 12.0 Å². The van der Waals surface area contributed by atoms with Crippen molar-refractivity contribution in [3.8, 4) is 0 Å². The Morgan fingerprint density at radius 3 is 2.40 bits per heavy atom. The van der Waals surface area contributed by atoms with Crippen LogP contribution in [0.5, 0.6) is 0 Å². The third-order valence-electron chi connectivity index (χ3n) is 2.03. The van der Waals surface area contributed by atoms with Crippen LogP contribution in [0.15, 0.2) is 30.3 Å². The van der Waals surface area contributed by atoms with Crippen LogP contribution >= 0.6 is 11.6 Å². The Labute approximate surface area is 93.2 Å². The van der Waals surface area contributed by atoms with E-state index in [1.54, 1.807) is 0 Å². The number of benzene rings is 1. The van der Waals surface area contributed by atoms with Gasteiger partial charge < -0.3 is 5.73 Å². The smallest absolute Gasteiger partial charge is 0.216 e. The van der Waals surface area contributed by atoms with Crippen LogP contribution in [0.4, 0.5) is 0 Å². The second-order valence-corrected chi connectivity index (χ2v) is 3.48. The van der Waals surface area contributed by atoms with E-state index >= 15 is 0 Å². The second kappa shape index (κ2) is 5.63. The number of alkyl halides is 1. The fraction of sp³-hybridized carbons (Fsp3) is 0.273. The summed E-state index contributed by atoms with van der Waals surface area (Å²) in [6.07, 6.45) is 0.363. The van der Waals surface area contributed by atoms with Crippen molar-refractivity contribution in [2.45, 2.75) is 12.5 Å². The SMILES string of the molecule is NC(Cc1ccccc1)C(=O)C(=O)CCl. The molecule has 1 aromatic rings. The highest BCUT2D eigenvalue weighted by Gasteiger charge is 2.20. The number of ketones is 2. The van der Waals surface area contributed by atoms with E-state index in [-0.39, 0.29) is 5.88 Å². The maximum absolute atomic E-state index is 11.3. The van der Waals surface area contributed by atoms with E-state index in [9.17, 15) is 9.59 Å². The van der Waals surface area contributed by atoms with Crippen LogP contribution in [-0.2, 0) is 16.0 Å². The Hall–Kier alpha value is -1.19.